The third kappa shape index (κ3) is 10.0. The number of alkyl halides is 3. The molecule has 1 saturated heterocycles. The highest BCUT2D eigenvalue weighted by Gasteiger charge is 2.42. The van der Waals surface area contributed by atoms with Gasteiger partial charge in [-0.05, 0) is 35.1 Å². The fourth-order valence-electron chi connectivity index (χ4n) is 4.72. The minimum absolute atomic E-state index is 0.0686. The quantitative estimate of drug-likeness (QED) is 0.0526. The number of nitrogens with one attached hydrogen (secondary N) is 1. The predicted octanol–water partition coefficient (Wildman–Crippen LogP) is 7.96. The van der Waals surface area contributed by atoms with Crippen LogP contribution in [0, 0.1) is 5.41 Å². The van der Waals surface area contributed by atoms with Gasteiger partial charge in [0.2, 0.25) is 12.2 Å². The number of benzene rings is 3. The molecule has 0 aliphatic carbocycles. The van der Waals surface area contributed by atoms with Crippen LogP contribution in [0.15, 0.2) is 96.1 Å². The summed E-state index contributed by atoms with van der Waals surface area (Å²) in [5, 5.41) is 11.8. The zero-order valence-electron chi connectivity index (χ0n) is 23.7. The highest BCUT2D eigenvalue weighted by Crippen LogP contribution is 2.33. The molecule has 44 heavy (non-hydrogen) atoms. The van der Waals surface area contributed by atoms with Crippen LogP contribution in [-0.4, -0.2) is 51.8 Å². The largest absolute Gasteiger partial charge is 0.448 e. The number of nitrogens with zero attached hydrogens (tertiary/aromatic N) is 4. The van der Waals surface area contributed by atoms with Crippen LogP contribution >= 0.6 is 34.8 Å². The van der Waals surface area contributed by atoms with Gasteiger partial charge < -0.3 is 18.9 Å². The summed E-state index contributed by atoms with van der Waals surface area (Å²) in [7, 11) is 0. The Morgan fingerprint density at radius 3 is 2.09 bits per heavy atom. The molecule has 13 heteroatoms. The van der Waals surface area contributed by atoms with Crippen molar-refractivity contribution in [1.29, 1.82) is 5.41 Å². The summed E-state index contributed by atoms with van der Waals surface area (Å²) in [5.74, 6) is -0.688. The molecule has 4 atom stereocenters. The molecule has 232 valence electrons. The third-order valence-corrected chi connectivity index (χ3v) is 7.44. The average molecular weight is 661 g/mol. The summed E-state index contributed by atoms with van der Waals surface area (Å²) >= 11 is 17.6. The van der Waals surface area contributed by atoms with Gasteiger partial charge in [-0.3, -0.25) is 10.3 Å². The van der Waals surface area contributed by atoms with E-state index in [-0.39, 0.29) is 19.8 Å². The molecule has 1 fully saturated rings. The summed E-state index contributed by atoms with van der Waals surface area (Å²) in [6.07, 6.45) is -1.81. The zero-order valence-corrected chi connectivity index (χ0v) is 25.9. The van der Waals surface area contributed by atoms with Crippen LogP contribution in [0.2, 0.25) is 0 Å². The number of halogens is 3. The molecule has 1 heterocycles. The minimum atomic E-state index is -2.16. The molecule has 1 N–H and O–H groups in total. The van der Waals surface area contributed by atoms with Crippen molar-refractivity contribution >= 4 is 46.8 Å². The Morgan fingerprint density at radius 1 is 0.955 bits per heavy atom. The lowest BCUT2D eigenvalue weighted by Crippen LogP contribution is -2.54. The van der Waals surface area contributed by atoms with Crippen LogP contribution in [0.25, 0.3) is 10.4 Å². The Kier molecular flexibility index (Phi) is 12.6. The topological polar surface area (TPSA) is 130 Å². The van der Waals surface area contributed by atoms with E-state index >= 15 is 0 Å². The molecule has 3 aromatic carbocycles. The van der Waals surface area contributed by atoms with E-state index in [1.807, 2.05) is 91.0 Å². The second kappa shape index (κ2) is 16.5. The lowest BCUT2D eigenvalue weighted by molar-refractivity contribution is -0.187. The number of hydrogen-bond acceptors (Lipinski definition) is 7. The molecule has 2 unspecified atom stereocenters. The Labute approximate surface area is 270 Å². The maximum absolute atomic E-state index is 13.8. The van der Waals surface area contributed by atoms with Crippen molar-refractivity contribution in [1.82, 2.24) is 4.90 Å². The molecule has 1 aliphatic heterocycles. The van der Waals surface area contributed by atoms with Crippen LogP contribution in [0.5, 0.6) is 0 Å². The first-order valence-electron chi connectivity index (χ1n) is 13.9. The Hall–Kier alpha value is -3.50. The lowest BCUT2D eigenvalue weighted by atomic mass is 9.97. The first kappa shape index (κ1) is 33.4. The predicted molar refractivity (Wildman–Crippen MR) is 168 cm³/mol. The van der Waals surface area contributed by atoms with Crippen LogP contribution in [0.3, 0.4) is 0 Å². The number of amides is 1. The molecular weight excluding hydrogens is 629 g/mol. The smallest absolute Gasteiger partial charge is 0.410 e. The van der Waals surface area contributed by atoms with Crippen molar-refractivity contribution in [2.45, 2.75) is 60.9 Å². The molecule has 10 nitrogen and oxygen atoms in total. The maximum Gasteiger partial charge on any atom is 0.410 e. The van der Waals surface area contributed by atoms with Gasteiger partial charge >= 0.3 is 6.09 Å². The summed E-state index contributed by atoms with van der Waals surface area (Å²) in [6, 6.07) is 27.0. The van der Waals surface area contributed by atoms with E-state index in [2.05, 4.69) is 10.0 Å². The molecule has 3 aromatic rings. The van der Waals surface area contributed by atoms with Gasteiger partial charge in [-0.2, -0.15) is 0 Å². The zero-order chi connectivity index (χ0) is 31.4. The van der Waals surface area contributed by atoms with Gasteiger partial charge in [-0.25, -0.2) is 4.79 Å². The van der Waals surface area contributed by atoms with E-state index in [0.29, 0.717) is 19.4 Å². The summed E-state index contributed by atoms with van der Waals surface area (Å²) in [6.45, 7) is 0.636. The first-order chi connectivity index (χ1) is 21.2. The number of carbonyl (C=O) groups is 1. The molecule has 0 radical (unpaired) electrons. The first-order valence-corrected chi connectivity index (χ1v) is 15.0. The molecular formula is C31H32Cl3N5O5. The number of ether oxygens (including phenoxy) is 4. The monoisotopic (exact) mass is 659 g/mol. The second-order valence-corrected chi connectivity index (χ2v) is 12.3. The Morgan fingerprint density at radius 2 is 1.52 bits per heavy atom. The molecule has 0 saturated carbocycles. The van der Waals surface area contributed by atoms with Gasteiger partial charge in [0, 0.05) is 11.5 Å². The van der Waals surface area contributed by atoms with Gasteiger partial charge in [0.25, 0.3) is 3.79 Å². The number of carbonyl (C=O) groups excluding carboxylic acids is 1. The molecule has 0 bridgehead atoms. The summed E-state index contributed by atoms with van der Waals surface area (Å²) < 4.78 is 21.6. The average Bonchev–Trinajstić information content (AvgIpc) is 3.03. The SMILES string of the molecule is [N-]=[N+]=NC1CC[C@@H]([C@@H](COCc2ccccc2)N(Cc2ccccc2)C(=O)OCc2ccccc2)OC1OC(=N)C(Cl)(Cl)Cl. The Bertz CT molecular complexity index is 1390. The molecule has 4 rings (SSSR count). The highest BCUT2D eigenvalue weighted by molar-refractivity contribution is 6.76. The van der Waals surface area contributed by atoms with E-state index in [9.17, 15) is 4.79 Å². The Balaban J connectivity index is 1.62. The molecule has 0 aromatic heterocycles. The fourth-order valence-corrected chi connectivity index (χ4v) is 4.86. The van der Waals surface area contributed by atoms with Gasteiger partial charge in [-0.1, -0.05) is 131 Å². The summed E-state index contributed by atoms with van der Waals surface area (Å²) in [4.78, 5) is 18.3. The van der Waals surface area contributed by atoms with E-state index in [0.717, 1.165) is 16.7 Å². The number of azide groups is 1. The van der Waals surface area contributed by atoms with Gasteiger partial charge in [0.1, 0.15) is 6.61 Å². The normalized spacial score (nSPS) is 18.8. The standard InChI is InChI=1S/C31H32Cl3N5O5/c32-31(33,34)29(35)44-28-25(37-38-36)16-17-27(43-28)26(21-41-19-23-12-6-2-7-13-23)39(18-22-10-4-1-5-11-22)30(40)42-20-24-14-8-3-9-15-24/h1-15,25-28,35H,16-21H2/t25?,26-,27+,28?/m1/s1. The van der Waals surface area contributed by atoms with Crippen molar-refractivity contribution in [3.63, 3.8) is 0 Å². The van der Waals surface area contributed by atoms with Crippen LogP contribution < -0.4 is 0 Å². The molecule has 0 spiro atoms. The van der Waals surface area contributed by atoms with Crippen molar-refractivity contribution in [3.8, 4) is 0 Å². The number of rotatable bonds is 12. The van der Waals surface area contributed by atoms with Gasteiger partial charge in [0.15, 0.2) is 0 Å². The van der Waals surface area contributed by atoms with E-state index < -0.39 is 40.3 Å². The third-order valence-electron chi connectivity index (χ3n) is 6.93. The van der Waals surface area contributed by atoms with Gasteiger partial charge in [0.05, 0.1) is 31.4 Å². The van der Waals surface area contributed by atoms with Crippen molar-refractivity contribution < 1.29 is 23.7 Å². The second-order valence-electron chi connectivity index (χ2n) is 10.1. The van der Waals surface area contributed by atoms with E-state index in [4.69, 9.17) is 64.7 Å². The summed E-state index contributed by atoms with van der Waals surface area (Å²) in [5.41, 5.74) is 11.8. The van der Waals surface area contributed by atoms with Crippen molar-refractivity contribution in [2.24, 2.45) is 5.11 Å². The highest BCUT2D eigenvalue weighted by atomic mass is 35.6. The molecule has 1 amide bonds. The minimum Gasteiger partial charge on any atom is -0.448 e. The van der Waals surface area contributed by atoms with Gasteiger partial charge in [-0.15, -0.1) is 0 Å². The van der Waals surface area contributed by atoms with Crippen LogP contribution in [-0.2, 0) is 38.7 Å². The van der Waals surface area contributed by atoms with Crippen LogP contribution in [0.1, 0.15) is 29.5 Å². The van der Waals surface area contributed by atoms with E-state index in [1.165, 1.54) is 0 Å². The lowest BCUT2D eigenvalue weighted by Gasteiger charge is -2.41. The van der Waals surface area contributed by atoms with Crippen LogP contribution in [0.4, 0.5) is 4.79 Å². The fraction of sp³-hybridized carbons (Fsp3) is 0.355. The van der Waals surface area contributed by atoms with E-state index in [1.54, 1.807) is 4.90 Å². The van der Waals surface area contributed by atoms with Crippen molar-refractivity contribution in [2.75, 3.05) is 6.61 Å². The van der Waals surface area contributed by atoms with Crippen molar-refractivity contribution in [3.05, 3.63) is 118 Å². The maximum atomic E-state index is 13.8. The number of hydrogen-bond donors (Lipinski definition) is 1. The molecule has 1 aliphatic rings.